The molecule has 2 heteroatoms. The fraction of sp³-hybridized carbons (Fsp3) is 0.300. The highest BCUT2D eigenvalue weighted by Gasteiger charge is 1.97. The molecule has 0 spiro atoms. The van der Waals surface area contributed by atoms with E-state index in [1.165, 1.54) is 5.56 Å². The minimum absolute atomic E-state index is 0.861. The fourth-order valence-electron chi connectivity index (χ4n) is 1.03. The van der Waals surface area contributed by atoms with E-state index < -0.39 is 0 Å². The van der Waals surface area contributed by atoms with E-state index in [1.807, 2.05) is 39.0 Å². The molecule has 12 heavy (non-hydrogen) atoms. The van der Waals surface area contributed by atoms with Gasteiger partial charge in [-0.1, -0.05) is 31.1 Å². The summed E-state index contributed by atoms with van der Waals surface area (Å²) in [6.07, 6.45) is 1.74. The highest BCUT2D eigenvalue weighted by molar-refractivity contribution is 5.79. The number of rotatable bonds is 0. The van der Waals surface area contributed by atoms with Gasteiger partial charge in [0.25, 0.3) is 0 Å². The first kappa shape index (κ1) is 8.78. The minimum atomic E-state index is 0.861. The molecule has 0 atom stereocenters. The molecular weight excluding hydrogens is 150 g/mol. The van der Waals surface area contributed by atoms with Crippen molar-refractivity contribution >= 4 is 11.0 Å². The van der Waals surface area contributed by atoms with Gasteiger partial charge in [-0.05, 0) is 18.6 Å². The summed E-state index contributed by atoms with van der Waals surface area (Å²) in [5.74, 6) is 0. The highest BCUT2D eigenvalue weighted by atomic mass is 16.5. The largest absolute Gasteiger partial charge is 0.356 e. The van der Waals surface area contributed by atoms with Crippen LogP contribution in [0.15, 0.2) is 28.9 Å². The first-order valence-electron chi connectivity index (χ1n) is 4.18. The van der Waals surface area contributed by atoms with Crippen molar-refractivity contribution in [2.45, 2.75) is 20.8 Å². The van der Waals surface area contributed by atoms with Crippen LogP contribution < -0.4 is 0 Å². The maximum absolute atomic E-state index is 4.95. The second-order valence-corrected chi connectivity index (χ2v) is 2.31. The minimum Gasteiger partial charge on any atom is -0.356 e. The zero-order valence-corrected chi connectivity index (χ0v) is 7.66. The topological polar surface area (TPSA) is 26.0 Å². The molecule has 0 saturated carbocycles. The Morgan fingerprint density at radius 1 is 1.25 bits per heavy atom. The van der Waals surface area contributed by atoms with Crippen LogP contribution in [0.4, 0.5) is 0 Å². The standard InChI is InChI=1S/C8H7NO.C2H6/c1-6-3-2-4-8-7(6)5-9-10-8;1-2/h2-5H,1H3;1-2H3. The van der Waals surface area contributed by atoms with E-state index in [9.17, 15) is 0 Å². The van der Waals surface area contributed by atoms with Gasteiger partial charge in [0.1, 0.15) is 0 Å². The van der Waals surface area contributed by atoms with Crippen LogP contribution in [0.5, 0.6) is 0 Å². The molecule has 0 bridgehead atoms. The Morgan fingerprint density at radius 3 is 2.67 bits per heavy atom. The number of aromatic nitrogens is 1. The van der Waals surface area contributed by atoms with Crippen molar-refractivity contribution in [2.24, 2.45) is 0 Å². The van der Waals surface area contributed by atoms with Crippen LogP contribution >= 0.6 is 0 Å². The van der Waals surface area contributed by atoms with Crippen molar-refractivity contribution < 1.29 is 4.52 Å². The van der Waals surface area contributed by atoms with Crippen molar-refractivity contribution in [1.82, 2.24) is 5.16 Å². The lowest BCUT2D eigenvalue weighted by atomic mass is 10.2. The van der Waals surface area contributed by atoms with E-state index in [0.717, 1.165) is 11.0 Å². The molecule has 0 aliphatic carbocycles. The van der Waals surface area contributed by atoms with Gasteiger partial charge < -0.3 is 4.52 Å². The number of aryl methyl sites for hydroxylation is 1. The number of hydrogen-bond donors (Lipinski definition) is 0. The van der Waals surface area contributed by atoms with Gasteiger partial charge in [0, 0.05) is 5.39 Å². The van der Waals surface area contributed by atoms with Crippen LogP contribution in [-0.2, 0) is 0 Å². The van der Waals surface area contributed by atoms with Gasteiger partial charge in [-0.25, -0.2) is 0 Å². The van der Waals surface area contributed by atoms with Crippen LogP contribution in [0.3, 0.4) is 0 Å². The molecule has 2 aromatic rings. The van der Waals surface area contributed by atoms with Crippen molar-refractivity contribution in [3.05, 3.63) is 30.0 Å². The van der Waals surface area contributed by atoms with Crippen molar-refractivity contribution in [3.8, 4) is 0 Å². The molecule has 0 unspecified atom stereocenters. The molecule has 1 aromatic carbocycles. The van der Waals surface area contributed by atoms with Crippen LogP contribution in [0.1, 0.15) is 19.4 Å². The zero-order chi connectivity index (χ0) is 8.97. The van der Waals surface area contributed by atoms with E-state index >= 15 is 0 Å². The summed E-state index contributed by atoms with van der Waals surface area (Å²) in [6, 6.07) is 5.91. The summed E-state index contributed by atoms with van der Waals surface area (Å²) in [5.41, 5.74) is 2.07. The van der Waals surface area contributed by atoms with Gasteiger partial charge >= 0.3 is 0 Å². The lowest BCUT2D eigenvalue weighted by molar-refractivity contribution is 0.456. The number of hydrogen-bond acceptors (Lipinski definition) is 2. The second-order valence-electron chi connectivity index (χ2n) is 2.31. The molecule has 2 nitrogen and oxygen atoms in total. The highest BCUT2D eigenvalue weighted by Crippen LogP contribution is 2.16. The lowest BCUT2D eigenvalue weighted by Gasteiger charge is -1.88. The number of fused-ring (bicyclic) bond motifs is 1. The Bertz CT molecular complexity index is 351. The number of nitrogens with zero attached hydrogens (tertiary/aromatic N) is 1. The normalized spacial score (nSPS) is 9.25. The van der Waals surface area contributed by atoms with Gasteiger partial charge in [-0.2, -0.15) is 0 Å². The van der Waals surface area contributed by atoms with E-state index in [0.29, 0.717) is 0 Å². The Balaban J connectivity index is 0.000000336. The molecule has 0 radical (unpaired) electrons. The summed E-state index contributed by atoms with van der Waals surface area (Å²) in [5, 5.41) is 4.79. The molecule has 0 fully saturated rings. The summed E-state index contributed by atoms with van der Waals surface area (Å²) in [6.45, 7) is 6.04. The first-order chi connectivity index (χ1) is 5.88. The lowest BCUT2D eigenvalue weighted by Crippen LogP contribution is -1.69. The molecule has 0 aliphatic rings. The summed E-state index contributed by atoms with van der Waals surface area (Å²) in [4.78, 5) is 0. The fourth-order valence-corrected chi connectivity index (χ4v) is 1.03. The van der Waals surface area contributed by atoms with Gasteiger partial charge in [-0.3, -0.25) is 0 Å². The third-order valence-corrected chi connectivity index (χ3v) is 1.62. The quantitative estimate of drug-likeness (QED) is 0.596. The van der Waals surface area contributed by atoms with Crippen LogP contribution in [0.25, 0.3) is 11.0 Å². The molecule has 0 N–H and O–H groups in total. The van der Waals surface area contributed by atoms with E-state index in [1.54, 1.807) is 6.20 Å². The average molecular weight is 163 g/mol. The first-order valence-corrected chi connectivity index (χ1v) is 4.18. The van der Waals surface area contributed by atoms with Crippen LogP contribution in [-0.4, -0.2) is 5.16 Å². The molecule has 64 valence electrons. The number of benzene rings is 1. The summed E-state index contributed by atoms with van der Waals surface area (Å²) < 4.78 is 4.95. The molecule has 1 aromatic heterocycles. The van der Waals surface area contributed by atoms with Gasteiger partial charge in [-0.15, -0.1) is 0 Å². The Kier molecular flexibility index (Phi) is 2.86. The zero-order valence-electron chi connectivity index (χ0n) is 7.66. The van der Waals surface area contributed by atoms with Gasteiger partial charge in [0.05, 0.1) is 6.20 Å². The maximum atomic E-state index is 4.95. The SMILES string of the molecule is CC.Cc1cccc2oncc12. The van der Waals surface area contributed by atoms with Crippen LogP contribution in [0.2, 0.25) is 0 Å². The Labute approximate surface area is 72.2 Å². The molecule has 0 amide bonds. The van der Waals surface area contributed by atoms with Crippen molar-refractivity contribution in [2.75, 3.05) is 0 Å². The van der Waals surface area contributed by atoms with E-state index in [4.69, 9.17) is 4.52 Å². The smallest absolute Gasteiger partial charge is 0.167 e. The van der Waals surface area contributed by atoms with Gasteiger partial charge in [0.15, 0.2) is 5.58 Å². The third-order valence-electron chi connectivity index (χ3n) is 1.62. The van der Waals surface area contributed by atoms with Crippen molar-refractivity contribution in [3.63, 3.8) is 0 Å². The third kappa shape index (κ3) is 1.47. The van der Waals surface area contributed by atoms with Crippen molar-refractivity contribution in [1.29, 1.82) is 0 Å². The predicted octanol–water partition coefficient (Wildman–Crippen LogP) is 3.16. The molecule has 1 heterocycles. The van der Waals surface area contributed by atoms with Crippen LogP contribution in [0, 0.1) is 6.92 Å². The second kappa shape index (κ2) is 3.90. The van der Waals surface area contributed by atoms with Gasteiger partial charge in [0.2, 0.25) is 0 Å². The monoisotopic (exact) mass is 163 g/mol. The summed E-state index contributed by atoms with van der Waals surface area (Å²) in [7, 11) is 0. The molecular formula is C10H13NO. The van der Waals surface area contributed by atoms with E-state index in [2.05, 4.69) is 5.16 Å². The summed E-state index contributed by atoms with van der Waals surface area (Å²) >= 11 is 0. The predicted molar refractivity (Wildman–Crippen MR) is 50.1 cm³/mol. The van der Waals surface area contributed by atoms with E-state index in [-0.39, 0.29) is 0 Å². The molecule has 0 aliphatic heterocycles. The Hall–Kier alpha value is -1.31. The molecule has 0 saturated heterocycles. The molecule has 2 rings (SSSR count). The Morgan fingerprint density at radius 2 is 2.00 bits per heavy atom. The maximum Gasteiger partial charge on any atom is 0.167 e. The average Bonchev–Trinajstić information content (AvgIpc) is 2.57.